The predicted octanol–water partition coefficient (Wildman–Crippen LogP) is 15.8. The molecule has 10 aromatic rings. The molecule has 0 saturated carbocycles. The SMILES string of the molecule is c1ccc(-c2ccc(-c3cccc(N(c4ccc(-c5ccccc5-c5ccccc5)cc4)c4ccc(-c5cc6ccccc6c6ccccc56)cc4)c3)cc2)cc1. The summed E-state index contributed by atoms with van der Waals surface area (Å²) in [6, 6.07) is 85.5. The molecule has 1 nitrogen and oxygen atoms in total. The van der Waals surface area contributed by atoms with E-state index in [1.165, 1.54) is 77.2 Å². The Kier molecular flexibility index (Phi) is 8.95. The van der Waals surface area contributed by atoms with Crippen molar-refractivity contribution in [1.29, 1.82) is 0 Å². The van der Waals surface area contributed by atoms with E-state index in [1.807, 2.05) is 0 Å². The lowest BCUT2D eigenvalue weighted by Gasteiger charge is -2.26. The maximum absolute atomic E-state index is 2.37. The van der Waals surface area contributed by atoms with Gasteiger partial charge in [-0.15, -0.1) is 0 Å². The van der Waals surface area contributed by atoms with Crippen molar-refractivity contribution in [3.8, 4) is 55.6 Å². The van der Waals surface area contributed by atoms with Crippen LogP contribution in [0.2, 0.25) is 0 Å². The Morgan fingerprint density at radius 1 is 0.211 bits per heavy atom. The van der Waals surface area contributed by atoms with Crippen LogP contribution in [0.25, 0.3) is 77.2 Å². The van der Waals surface area contributed by atoms with Crippen molar-refractivity contribution in [2.75, 3.05) is 4.90 Å². The van der Waals surface area contributed by atoms with Crippen LogP contribution in [0.15, 0.2) is 237 Å². The smallest absolute Gasteiger partial charge is 0.0467 e. The first kappa shape index (κ1) is 34.0. The molecular weight excluding hydrogens is 687 g/mol. The first-order chi connectivity index (χ1) is 28.3. The molecule has 268 valence electrons. The van der Waals surface area contributed by atoms with Crippen molar-refractivity contribution in [1.82, 2.24) is 0 Å². The van der Waals surface area contributed by atoms with Gasteiger partial charge in [0.25, 0.3) is 0 Å². The zero-order chi connectivity index (χ0) is 38.0. The average Bonchev–Trinajstić information content (AvgIpc) is 3.30. The Morgan fingerprint density at radius 3 is 1.26 bits per heavy atom. The molecule has 0 atom stereocenters. The fourth-order valence-electron chi connectivity index (χ4n) is 8.23. The molecule has 0 aliphatic rings. The van der Waals surface area contributed by atoms with Crippen molar-refractivity contribution in [3.05, 3.63) is 237 Å². The number of anilines is 3. The summed E-state index contributed by atoms with van der Waals surface area (Å²) in [5.74, 6) is 0. The van der Waals surface area contributed by atoms with E-state index in [0.717, 1.165) is 17.1 Å². The van der Waals surface area contributed by atoms with Gasteiger partial charge in [0.05, 0.1) is 0 Å². The van der Waals surface area contributed by atoms with Gasteiger partial charge in [-0.3, -0.25) is 0 Å². The maximum Gasteiger partial charge on any atom is 0.0467 e. The number of rotatable bonds is 8. The average molecular weight is 726 g/mol. The second-order valence-corrected chi connectivity index (χ2v) is 14.5. The summed E-state index contributed by atoms with van der Waals surface area (Å²) in [5, 5.41) is 5.07. The van der Waals surface area contributed by atoms with E-state index < -0.39 is 0 Å². The molecule has 0 unspecified atom stereocenters. The standard InChI is InChI=1S/C56H39N/c1-3-14-40(15-4-1)41-26-28-42(29-27-41)46-19-13-20-50(38-46)57(48-34-30-44(31-35-48)52-22-10-9-21-51(52)43-16-5-2-6-17-43)49-36-32-45(33-37-49)56-39-47-18-7-8-23-53(47)54-24-11-12-25-55(54)56/h1-39H. The minimum atomic E-state index is 1.09. The quantitative estimate of drug-likeness (QED) is 0.141. The third-order valence-corrected chi connectivity index (χ3v) is 11.1. The van der Waals surface area contributed by atoms with Crippen molar-refractivity contribution < 1.29 is 0 Å². The van der Waals surface area contributed by atoms with Crippen molar-refractivity contribution in [3.63, 3.8) is 0 Å². The Balaban J connectivity index is 1.06. The van der Waals surface area contributed by atoms with Gasteiger partial charge in [0, 0.05) is 17.1 Å². The van der Waals surface area contributed by atoms with E-state index in [-0.39, 0.29) is 0 Å². The van der Waals surface area contributed by atoms with Gasteiger partial charge in [0.2, 0.25) is 0 Å². The second-order valence-electron chi connectivity index (χ2n) is 14.5. The van der Waals surface area contributed by atoms with Gasteiger partial charge >= 0.3 is 0 Å². The summed E-state index contributed by atoms with van der Waals surface area (Å²) in [7, 11) is 0. The molecule has 0 heterocycles. The van der Waals surface area contributed by atoms with E-state index in [0.29, 0.717) is 0 Å². The molecule has 0 N–H and O–H groups in total. The lowest BCUT2D eigenvalue weighted by atomic mass is 9.93. The lowest BCUT2D eigenvalue weighted by molar-refractivity contribution is 1.28. The molecule has 10 rings (SSSR count). The highest BCUT2D eigenvalue weighted by molar-refractivity contribution is 6.13. The summed E-state index contributed by atoms with van der Waals surface area (Å²) in [4.78, 5) is 2.37. The molecule has 10 aromatic carbocycles. The van der Waals surface area contributed by atoms with Gasteiger partial charge in [-0.05, 0) is 120 Å². The van der Waals surface area contributed by atoms with Crippen molar-refractivity contribution in [2.45, 2.75) is 0 Å². The highest BCUT2D eigenvalue weighted by atomic mass is 15.1. The number of benzene rings is 10. The third kappa shape index (κ3) is 6.66. The molecule has 0 aliphatic carbocycles. The van der Waals surface area contributed by atoms with Crippen LogP contribution in [-0.2, 0) is 0 Å². The molecule has 0 aromatic heterocycles. The summed E-state index contributed by atoms with van der Waals surface area (Å²) in [5.41, 5.74) is 15.4. The fraction of sp³-hybridized carbons (Fsp3) is 0. The van der Waals surface area contributed by atoms with Gasteiger partial charge < -0.3 is 4.90 Å². The van der Waals surface area contributed by atoms with Crippen LogP contribution in [0.5, 0.6) is 0 Å². The van der Waals surface area contributed by atoms with E-state index >= 15 is 0 Å². The highest BCUT2D eigenvalue weighted by Crippen LogP contribution is 2.41. The van der Waals surface area contributed by atoms with E-state index in [4.69, 9.17) is 0 Å². The van der Waals surface area contributed by atoms with Crippen LogP contribution in [0.3, 0.4) is 0 Å². The van der Waals surface area contributed by atoms with Crippen LogP contribution >= 0.6 is 0 Å². The summed E-state index contributed by atoms with van der Waals surface area (Å²) < 4.78 is 0. The minimum Gasteiger partial charge on any atom is -0.310 e. The molecule has 0 saturated heterocycles. The third-order valence-electron chi connectivity index (χ3n) is 11.1. The van der Waals surface area contributed by atoms with Crippen LogP contribution < -0.4 is 4.90 Å². The van der Waals surface area contributed by atoms with E-state index in [9.17, 15) is 0 Å². The molecular formula is C56H39N. The number of hydrogen-bond acceptors (Lipinski definition) is 1. The van der Waals surface area contributed by atoms with E-state index in [1.54, 1.807) is 0 Å². The fourth-order valence-corrected chi connectivity index (χ4v) is 8.23. The van der Waals surface area contributed by atoms with E-state index in [2.05, 4.69) is 241 Å². The summed E-state index contributed by atoms with van der Waals surface area (Å²) in [6.07, 6.45) is 0. The van der Waals surface area contributed by atoms with Gasteiger partial charge in [-0.2, -0.15) is 0 Å². The largest absolute Gasteiger partial charge is 0.310 e. The van der Waals surface area contributed by atoms with Gasteiger partial charge in [0.15, 0.2) is 0 Å². The number of fused-ring (bicyclic) bond motifs is 3. The molecule has 0 spiro atoms. The first-order valence-electron chi connectivity index (χ1n) is 19.6. The molecule has 57 heavy (non-hydrogen) atoms. The Labute approximate surface area is 334 Å². The van der Waals surface area contributed by atoms with Crippen LogP contribution in [0, 0.1) is 0 Å². The van der Waals surface area contributed by atoms with Gasteiger partial charge in [-0.25, -0.2) is 0 Å². The Morgan fingerprint density at radius 2 is 0.632 bits per heavy atom. The van der Waals surface area contributed by atoms with Crippen LogP contribution in [0.4, 0.5) is 17.1 Å². The van der Waals surface area contributed by atoms with Gasteiger partial charge in [-0.1, -0.05) is 194 Å². The molecule has 0 radical (unpaired) electrons. The highest BCUT2D eigenvalue weighted by Gasteiger charge is 2.16. The summed E-state index contributed by atoms with van der Waals surface area (Å²) in [6.45, 7) is 0. The topological polar surface area (TPSA) is 3.24 Å². The predicted molar refractivity (Wildman–Crippen MR) is 243 cm³/mol. The first-order valence-corrected chi connectivity index (χ1v) is 19.6. The minimum absolute atomic E-state index is 1.09. The van der Waals surface area contributed by atoms with Crippen LogP contribution in [0.1, 0.15) is 0 Å². The van der Waals surface area contributed by atoms with Crippen molar-refractivity contribution in [2.24, 2.45) is 0 Å². The van der Waals surface area contributed by atoms with Gasteiger partial charge in [0.1, 0.15) is 0 Å². The molecule has 1 heteroatoms. The number of nitrogens with zero attached hydrogens (tertiary/aromatic N) is 1. The summed E-state index contributed by atoms with van der Waals surface area (Å²) >= 11 is 0. The monoisotopic (exact) mass is 725 g/mol. The Hall–Kier alpha value is -7.48. The second kappa shape index (κ2) is 15.0. The molecule has 0 fully saturated rings. The molecule has 0 amide bonds. The van der Waals surface area contributed by atoms with Crippen LogP contribution in [-0.4, -0.2) is 0 Å². The number of hydrogen-bond donors (Lipinski definition) is 0. The normalized spacial score (nSPS) is 11.2. The molecule has 0 bridgehead atoms. The van der Waals surface area contributed by atoms with Crippen molar-refractivity contribution >= 4 is 38.6 Å². The maximum atomic E-state index is 2.37. The zero-order valence-corrected chi connectivity index (χ0v) is 31.5. The zero-order valence-electron chi connectivity index (χ0n) is 31.5. The molecule has 0 aliphatic heterocycles. The Bertz CT molecular complexity index is 2970. The lowest BCUT2D eigenvalue weighted by Crippen LogP contribution is -2.10.